The lowest BCUT2D eigenvalue weighted by Gasteiger charge is -2.36. The molecule has 1 atom stereocenters. The molecule has 2 amide bonds. The fourth-order valence-electron chi connectivity index (χ4n) is 2.29. The summed E-state index contributed by atoms with van der Waals surface area (Å²) in [5.74, 6) is 0.234. The molecule has 6 heteroatoms. The van der Waals surface area contributed by atoms with Crippen molar-refractivity contribution in [2.45, 2.75) is 52.3 Å². The van der Waals surface area contributed by atoms with Crippen LogP contribution < -0.4 is 5.73 Å². The number of aromatic hydroxyl groups is 1. The third-order valence-corrected chi connectivity index (χ3v) is 3.21. The summed E-state index contributed by atoms with van der Waals surface area (Å²) in [6.45, 7) is 8.08. The Balaban J connectivity index is 0.000000745. The highest BCUT2D eigenvalue weighted by molar-refractivity contribution is 5.69. The smallest absolute Gasteiger partial charge is 0.410 e. The third kappa shape index (κ3) is 4.95. The molecule has 0 aromatic heterocycles. The Morgan fingerprint density at radius 3 is 2.55 bits per heavy atom. The topological polar surface area (TPSA) is 92.9 Å². The molecular weight excluding hydrogens is 284 g/mol. The van der Waals surface area contributed by atoms with E-state index in [1.54, 1.807) is 17.0 Å². The van der Waals surface area contributed by atoms with Gasteiger partial charge in [-0.15, -0.1) is 0 Å². The van der Waals surface area contributed by atoms with Gasteiger partial charge in [0, 0.05) is 12.6 Å². The van der Waals surface area contributed by atoms with Crippen LogP contribution >= 0.6 is 0 Å². The second-order valence-electron chi connectivity index (χ2n) is 6.25. The number of hydrogen-bond acceptors (Lipinski definition) is 4. The molecule has 0 saturated heterocycles. The Morgan fingerprint density at radius 2 is 2.00 bits per heavy atom. The Kier molecular flexibility index (Phi) is 5.79. The quantitative estimate of drug-likeness (QED) is 0.718. The molecule has 0 aliphatic carbocycles. The van der Waals surface area contributed by atoms with E-state index in [1.807, 2.05) is 33.8 Å². The molecule has 1 aliphatic rings. The molecule has 0 radical (unpaired) electrons. The van der Waals surface area contributed by atoms with Crippen LogP contribution in [-0.2, 0) is 22.5 Å². The molecule has 6 nitrogen and oxygen atoms in total. The van der Waals surface area contributed by atoms with E-state index < -0.39 is 5.60 Å². The summed E-state index contributed by atoms with van der Waals surface area (Å²) >= 11 is 0. The number of benzene rings is 1. The van der Waals surface area contributed by atoms with Crippen LogP contribution in [0.5, 0.6) is 5.75 Å². The van der Waals surface area contributed by atoms with Crippen molar-refractivity contribution in [2.24, 2.45) is 5.73 Å². The highest BCUT2D eigenvalue weighted by Gasteiger charge is 2.30. The summed E-state index contributed by atoms with van der Waals surface area (Å²) in [4.78, 5) is 22.5. The molecule has 2 rings (SSSR count). The molecule has 1 heterocycles. The molecule has 1 unspecified atom stereocenters. The molecule has 122 valence electrons. The summed E-state index contributed by atoms with van der Waals surface area (Å²) in [5, 5.41) is 9.53. The number of hydrogen-bond donors (Lipinski definition) is 2. The summed E-state index contributed by atoms with van der Waals surface area (Å²) in [6, 6.07) is 5.44. The fourth-order valence-corrected chi connectivity index (χ4v) is 2.29. The predicted octanol–water partition coefficient (Wildman–Crippen LogP) is 2.18. The number of nitrogens with two attached hydrogens (primary N) is 1. The minimum atomic E-state index is -0.490. The van der Waals surface area contributed by atoms with Gasteiger partial charge in [-0.2, -0.15) is 0 Å². The SMILES string of the molecule is CC1Cc2ccc(O)cc2CN1C(=O)OC(C)(C)C.NC=O. The molecule has 0 fully saturated rings. The van der Waals surface area contributed by atoms with Crippen molar-refractivity contribution in [1.82, 2.24) is 4.90 Å². The van der Waals surface area contributed by atoms with E-state index >= 15 is 0 Å². The average Bonchev–Trinajstić information content (AvgIpc) is 2.37. The van der Waals surface area contributed by atoms with Crippen LogP contribution in [0.3, 0.4) is 0 Å². The number of primary amides is 1. The van der Waals surface area contributed by atoms with Crippen molar-refractivity contribution in [1.29, 1.82) is 0 Å². The van der Waals surface area contributed by atoms with Gasteiger partial charge in [-0.25, -0.2) is 4.79 Å². The number of carbonyl (C=O) groups is 2. The van der Waals surface area contributed by atoms with Gasteiger partial charge in [0.25, 0.3) is 0 Å². The lowest BCUT2D eigenvalue weighted by Crippen LogP contribution is -2.45. The second kappa shape index (κ2) is 7.15. The molecule has 1 aromatic carbocycles. The van der Waals surface area contributed by atoms with Gasteiger partial charge < -0.3 is 20.5 Å². The second-order valence-corrected chi connectivity index (χ2v) is 6.25. The molecule has 0 spiro atoms. The Morgan fingerprint density at radius 1 is 1.41 bits per heavy atom. The number of rotatable bonds is 0. The van der Waals surface area contributed by atoms with Crippen LogP contribution in [0.25, 0.3) is 0 Å². The van der Waals surface area contributed by atoms with Crippen LogP contribution in [0, 0.1) is 0 Å². The number of phenols is 1. The Hall–Kier alpha value is -2.24. The average molecular weight is 308 g/mol. The summed E-state index contributed by atoms with van der Waals surface area (Å²) in [7, 11) is 0. The maximum Gasteiger partial charge on any atom is 0.410 e. The number of amides is 2. The van der Waals surface area contributed by atoms with E-state index in [2.05, 4.69) is 5.73 Å². The van der Waals surface area contributed by atoms with E-state index in [0.717, 1.165) is 12.0 Å². The Bertz CT molecular complexity index is 537. The van der Waals surface area contributed by atoms with Crippen LogP contribution in [0.1, 0.15) is 38.8 Å². The van der Waals surface area contributed by atoms with Gasteiger partial charge in [-0.05, 0) is 57.4 Å². The Labute approximate surface area is 130 Å². The minimum Gasteiger partial charge on any atom is -0.508 e. The molecule has 1 aromatic rings. The summed E-state index contributed by atoms with van der Waals surface area (Å²) < 4.78 is 5.42. The summed E-state index contributed by atoms with van der Waals surface area (Å²) in [6.07, 6.45) is 0.739. The molecule has 0 saturated carbocycles. The number of carbonyl (C=O) groups excluding carboxylic acids is 2. The molecular formula is C16H24N2O4. The normalized spacial score (nSPS) is 16.9. The van der Waals surface area contributed by atoms with Crippen molar-refractivity contribution < 1.29 is 19.4 Å². The minimum absolute atomic E-state index is 0.104. The number of fused-ring (bicyclic) bond motifs is 1. The first-order chi connectivity index (χ1) is 10.2. The highest BCUT2D eigenvalue weighted by Crippen LogP contribution is 2.27. The van der Waals surface area contributed by atoms with Gasteiger partial charge in [-0.1, -0.05) is 6.07 Å². The highest BCUT2D eigenvalue weighted by atomic mass is 16.6. The van der Waals surface area contributed by atoms with E-state index in [9.17, 15) is 9.90 Å². The molecule has 1 aliphatic heterocycles. The van der Waals surface area contributed by atoms with Gasteiger partial charge >= 0.3 is 6.09 Å². The third-order valence-electron chi connectivity index (χ3n) is 3.21. The van der Waals surface area contributed by atoms with E-state index in [0.29, 0.717) is 6.54 Å². The summed E-state index contributed by atoms with van der Waals surface area (Å²) in [5.41, 5.74) is 5.85. The molecule has 22 heavy (non-hydrogen) atoms. The van der Waals surface area contributed by atoms with Crippen molar-refractivity contribution in [3.63, 3.8) is 0 Å². The standard InChI is InChI=1S/C15H21NO3.CH3NO/c1-10-7-11-5-6-13(17)8-12(11)9-16(10)14(18)19-15(2,3)4;2-1-3/h5-6,8,10,17H,7,9H2,1-4H3;1H,(H2,2,3). The van der Waals surface area contributed by atoms with Crippen molar-refractivity contribution in [2.75, 3.05) is 0 Å². The predicted molar refractivity (Wildman–Crippen MR) is 83.3 cm³/mol. The molecule has 3 N–H and O–H groups in total. The van der Waals surface area contributed by atoms with Gasteiger partial charge in [0.15, 0.2) is 0 Å². The lowest BCUT2D eigenvalue weighted by molar-refractivity contribution is -0.106. The number of phenolic OH excluding ortho intramolecular Hbond substituents is 1. The zero-order chi connectivity index (χ0) is 16.9. The van der Waals surface area contributed by atoms with Gasteiger partial charge in [0.1, 0.15) is 11.4 Å². The molecule has 0 bridgehead atoms. The number of ether oxygens (including phenoxy) is 1. The zero-order valence-electron chi connectivity index (χ0n) is 13.5. The van der Waals surface area contributed by atoms with Crippen LogP contribution in [0.2, 0.25) is 0 Å². The van der Waals surface area contributed by atoms with E-state index in [1.165, 1.54) is 5.56 Å². The first-order valence-corrected chi connectivity index (χ1v) is 7.13. The number of nitrogens with zero attached hydrogens (tertiary/aromatic N) is 1. The van der Waals surface area contributed by atoms with Gasteiger partial charge in [0.2, 0.25) is 6.41 Å². The van der Waals surface area contributed by atoms with Crippen molar-refractivity contribution in [3.8, 4) is 5.75 Å². The fraction of sp³-hybridized carbons (Fsp3) is 0.500. The van der Waals surface area contributed by atoms with Crippen molar-refractivity contribution >= 4 is 12.5 Å². The zero-order valence-corrected chi connectivity index (χ0v) is 13.5. The lowest BCUT2D eigenvalue weighted by atomic mass is 9.95. The first-order valence-electron chi connectivity index (χ1n) is 7.13. The van der Waals surface area contributed by atoms with Crippen LogP contribution in [0.4, 0.5) is 4.79 Å². The largest absolute Gasteiger partial charge is 0.508 e. The van der Waals surface area contributed by atoms with Crippen LogP contribution in [-0.4, -0.2) is 34.2 Å². The van der Waals surface area contributed by atoms with Crippen molar-refractivity contribution in [3.05, 3.63) is 29.3 Å². The maximum absolute atomic E-state index is 12.2. The van der Waals surface area contributed by atoms with E-state index in [-0.39, 0.29) is 24.3 Å². The van der Waals surface area contributed by atoms with Gasteiger partial charge in [-0.3, -0.25) is 4.79 Å². The maximum atomic E-state index is 12.2. The van der Waals surface area contributed by atoms with Crippen LogP contribution in [0.15, 0.2) is 18.2 Å². The first kappa shape index (κ1) is 17.8. The monoisotopic (exact) mass is 308 g/mol. The van der Waals surface area contributed by atoms with Gasteiger partial charge in [0.05, 0.1) is 0 Å². The van der Waals surface area contributed by atoms with E-state index in [4.69, 9.17) is 9.53 Å².